The molecule has 0 aromatic carbocycles. The third-order valence-corrected chi connectivity index (χ3v) is 2.42. The zero-order chi connectivity index (χ0) is 9.03. The van der Waals surface area contributed by atoms with Gasteiger partial charge in [-0.15, -0.1) is 0 Å². The maximum Gasteiger partial charge on any atom is 0.358 e. The highest BCUT2D eigenvalue weighted by molar-refractivity contribution is 4.72. The molecule has 0 heterocycles. The molecule has 0 unspecified atom stereocenters. The molecule has 0 amide bonds. The summed E-state index contributed by atoms with van der Waals surface area (Å²) in [5.41, 5.74) is 0. The molecule has 0 spiro atoms. The Morgan fingerprint density at radius 2 is 1.77 bits per heavy atom. The van der Waals surface area contributed by atoms with E-state index in [9.17, 15) is 8.78 Å². The van der Waals surface area contributed by atoms with Crippen molar-refractivity contribution < 1.29 is 18.2 Å². The van der Waals surface area contributed by atoms with E-state index < -0.39 is 12.0 Å². The average Bonchev–Trinajstić information content (AvgIpc) is 2.06. The van der Waals surface area contributed by atoms with Gasteiger partial charge in [-0.2, -0.15) is 8.78 Å². The van der Waals surface area contributed by atoms with E-state index in [0.717, 1.165) is 19.3 Å². The van der Waals surface area contributed by atoms with Gasteiger partial charge in [0, 0.05) is 0 Å². The van der Waals surface area contributed by atoms with Gasteiger partial charge in [-0.25, -0.2) is 0 Å². The van der Waals surface area contributed by atoms with Gasteiger partial charge < -0.3 is 4.74 Å². The molecule has 0 aromatic rings. The van der Waals surface area contributed by atoms with Crippen LogP contribution in [-0.2, 0) is 4.74 Å². The van der Waals surface area contributed by atoms with Crippen LogP contribution < -0.4 is 0 Å². The minimum absolute atomic E-state index is 0. The molecule has 1 saturated carbocycles. The maximum atomic E-state index is 13.1. The highest BCUT2D eigenvalue weighted by Crippen LogP contribution is 2.37. The van der Waals surface area contributed by atoms with Crippen molar-refractivity contribution in [2.24, 2.45) is 5.92 Å². The Morgan fingerprint density at radius 1 is 1.23 bits per heavy atom. The smallest absolute Gasteiger partial charge is 0.321 e. The Labute approximate surface area is 76.8 Å². The molecule has 1 aliphatic carbocycles. The van der Waals surface area contributed by atoms with Crippen molar-refractivity contribution in [3.63, 3.8) is 0 Å². The van der Waals surface area contributed by atoms with E-state index >= 15 is 0 Å². The van der Waals surface area contributed by atoms with Crippen LogP contribution in [0.5, 0.6) is 0 Å². The minimum atomic E-state index is -2.88. The van der Waals surface area contributed by atoms with Crippen LogP contribution in [0.4, 0.5) is 13.5 Å². The van der Waals surface area contributed by atoms with Crippen LogP contribution in [0.15, 0.2) is 0 Å². The Hall–Kier alpha value is -0.250. The number of alkyl halides is 2. The zero-order valence-corrected chi connectivity index (χ0v) is 7.89. The van der Waals surface area contributed by atoms with Crippen molar-refractivity contribution in [2.75, 3.05) is 6.61 Å². The van der Waals surface area contributed by atoms with Crippen molar-refractivity contribution in [1.29, 1.82) is 0 Å². The quantitative estimate of drug-likeness (QED) is 0.675. The predicted octanol–water partition coefficient (Wildman–Crippen LogP) is 3.35. The molecular weight excluding hydrogens is 181 g/mol. The molecule has 1 rings (SSSR count). The largest absolute Gasteiger partial charge is 0.358 e. The molecule has 0 atom stereocenters. The lowest BCUT2D eigenvalue weighted by Gasteiger charge is -2.28. The lowest BCUT2D eigenvalue weighted by Crippen LogP contribution is -2.32. The first-order valence-corrected chi connectivity index (χ1v) is 4.68. The maximum absolute atomic E-state index is 13.1. The van der Waals surface area contributed by atoms with E-state index in [2.05, 4.69) is 4.74 Å². The number of halogens is 3. The minimum Gasteiger partial charge on any atom is -0.321 e. The van der Waals surface area contributed by atoms with Crippen LogP contribution >= 0.6 is 0 Å². The fourth-order valence-electron chi connectivity index (χ4n) is 1.75. The second-order valence-corrected chi connectivity index (χ2v) is 3.33. The monoisotopic (exact) mass is 198 g/mol. The van der Waals surface area contributed by atoms with Crippen molar-refractivity contribution in [2.45, 2.75) is 45.1 Å². The highest BCUT2D eigenvalue weighted by atomic mass is 19.3. The van der Waals surface area contributed by atoms with Gasteiger partial charge in [0.05, 0.1) is 12.5 Å². The first-order chi connectivity index (χ1) is 5.67. The van der Waals surface area contributed by atoms with Crippen LogP contribution in [0.25, 0.3) is 0 Å². The summed E-state index contributed by atoms with van der Waals surface area (Å²) in [5.74, 6) is -0.536. The summed E-state index contributed by atoms with van der Waals surface area (Å²) in [7, 11) is 0. The summed E-state index contributed by atoms with van der Waals surface area (Å²) < 4.78 is 30.6. The van der Waals surface area contributed by atoms with Gasteiger partial charge in [0.15, 0.2) is 0 Å². The van der Waals surface area contributed by atoms with E-state index in [-0.39, 0.29) is 11.3 Å². The van der Waals surface area contributed by atoms with Crippen LogP contribution in [0.3, 0.4) is 0 Å². The van der Waals surface area contributed by atoms with Crippen molar-refractivity contribution in [3.8, 4) is 0 Å². The van der Waals surface area contributed by atoms with Gasteiger partial charge in [-0.1, -0.05) is 19.3 Å². The average molecular weight is 198 g/mol. The molecule has 0 N–H and O–H groups in total. The lowest BCUT2D eigenvalue weighted by molar-refractivity contribution is -0.273. The molecule has 1 aliphatic rings. The molecule has 80 valence electrons. The summed E-state index contributed by atoms with van der Waals surface area (Å²) in [6.07, 6.45) is 1.30. The van der Waals surface area contributed by atoms with Crippen LogP contribution in [-0.4, -0.2) is 12.7 Å². The topological polar surface area (TPSA) is 9.23 Å². The van der Waals surface area contributed by atoms with Gasteiger partial charge in [0.2, 0.25) is 0 Å². The zero-order valence-electron chi connectivity index (χ0n) is 7.89. The van der Waals surface area contributed by atoms with E-state index in [1.54, 1.807) is 6.92 Å². The lowest BCUT2D eigenvalue weighted by atomic mass is 9.88. The van der Waals surface area contributed by atoms with Crippen molar-refractivity contribution in [3.05, 3.63) is 0 Å². The normalized spacial score (nSPS) is 19.6. The van der Waals surface area contributed by atoms with Gasteiger partial charge >= 0.3 is 6.11 Å². The molecule has 0 bridgehead atoms. The summed E-state index contributed by atoms with van der Waals surface area (Å²) in [6.45, 7) is 1.71. The van der Waals surface area contributed by atoms with Gasteiger partial charge in [-0.05, 0) is 19.8 Å². The standard InChI is InChI=1S/C9H16F2O.FH/c1-2-12-9(10,11)8-6-4-3-5-7-8;/h8H,2-7H2,1H3;1H. The Bertz CT molecular complexity index is 133. The summed E-state index contributed by atoms with van der Waals surface area (Å²) in [5, 5.41) is 0. The molecule has 1 nitrogen and oxygen atoms in total. The SMILES string of the molecule is CCOC(F)(F)C1CCCCC1.F. The van der Waals surface area contributed by atoms with Crippen LogP contribution in [0.1, 0.15) is 39.0 Å². The molecule has 0 aromatic heterocycles. The predicted molar refractivity (Wildman–Crippen MR) is 45.7 cm³/mol. The summed E-state index contributed by atoms with van der Waals surface area (Å²) in [6, 6.07) is 0. The van der Waals surface area contributed by atoms with Crippen LogP contribution in [0.2, 0.25) is 0 Å². The molecule has 1 fully saturated rings. The third kappa shape index (κ3) is 3.55. The van der Waals surface area contributed by atoms with Gasteiger partial charge in [0.1, 0.15) is 0 Å². The number of ether oxygens (including phenoxy) is 1. The van der Waals surface area contributed by atoms with Gasteiger partial charge in [-0.3, -0.25) is 4.70 Å². The molecule has 0 aliphatic heterocycles. The van der Waals surface area contributed by atoms with Crippen molar-refractivity contribution in [1.82, 2.24) is 0 Å². The first-order valence-electron chi connectivity index (χ1n) is 4.68. The number of hydrogen-bond donors (Lipinski definition) is 0. The van der Waals surface area contributed by atoms with Crippen molar-refractivity contribution >= 4 is 0 Å². The molecule has 4 heteroatoms. The van der Waals surface area contributed by atoms with E-state index in [0.29, 0.717) is 12.8 Å². The first kappa shape index (κ1) is 12.8. The summed E-state index contributed by atoms with van der Waals surface area (Å²) in [4.78, 5) is 0. The summed E-state index contributed by atoms with van der Waals surface area (Å²) >= 11 is 0. The number of rotatable bonds is 3. The highest BCUT2D eigenvalue weighted by Gasteiger charge is 2.40. The van der Waals surface area contributed by atoms with Crippen LogP contribution in [0, 0.1) is 5.92 Å². The third-order valence-electron chi connectivity index (χ3n) is 2.42. The second kappa shape index (κ2) is 5.47. The van der Waals surface area contributed by atoms with E-state index in [1.165, 1.54) is 0 Å². The Balaban J connectivity index is 0.00000144. The number of hydrogen-bond acceptors (Lipinski definition) is 1. The van der Waals surface area contributed by atoms with E-state index in [4.69, 9.17) is 0 Å². The van der Waals surface area contributed by atoms with E-state index in [1.807, 2.05) is 0 Å². The fraction of sp³-hybridized carbons (Fsp3) is 1.00. The van der Waals surface area contributed by atoms with Gasteiger partial charge in [0.25, 0.3) is 0 Å². The second-order valence-electron chi connectivity index (χ2n) is 3.33. The molecule has 13 heavy (non-hydrogen) atoms. The molecule has 0 radical (unpaired) electrons. The molecular formula is C9H17F3O. The Morgan fingerprint density at radius 3 is 2.23 bits per heavy atom. The Kier molecular flexibility index (Phi) is 5.37. The fourth-order valence-corrected chi connectivity index (χ4v) is 1.75. The molecule has 0 saturated heterocycles.